The topological polar surface area (TPSA) is 116 Å². The van der Waals surface area contributed by atoms with E-state index in [1.807, 2.05) is 12.1 Å². The Labute approximate surface area is 124 Å². The van der Waals surface area contributed by atoms with Crippen LogP contribution in [-0.4, -0.2) is 9.91 Å². The van der Waals surface area contributed by atoms with Crippen molar-refractivity contribution < 1.29 is 4.92 Å². The summed E-state index contributed by atoms with van der Waals surface area (Å²) in [5.74, 6) is -0.0407. The first-order valence-electron chi connectivity index (χ1n) is 5.57. The van der Waals surface area contributed by atoms with E-state index in [1.54, 1.807) is 0 Å². The Kier molecular flexibility index (Phi) is 3.98. The average molecular weight is 300 g/mol. The molecule has 0 radical (unpaired) electrons. The van der Waals surface area contributed by atoms with Gasteiger partial charge >= 0.3 is 5.69 Å². The number of nitrogens with one attached hydrogen (secondary N) is 1. The summed E-state index contributed by atoms with van der Waals surface area (Å²) >= 11 is 5.72. The second-order valence-electron chi connectivity index (χ2n) is 3.87. The number of halogens is 1. The third kappa shape index (κ3) is 3.06. The zero-order valence-corrected chi connectivity index (χ0v) is 11.1. The van der Waals surface area contributed by atoms with Crippen molar-refractivity contribution in [3.8, 4) is 12.1 Å². The van der Waals surface area contributed by atoms with Crippen molar-refractivity contribution >= 4 is 28.8 Å². The van der Waals surface area contributed by atoms with Gasteiger partial charge in [-0.3, -0.25) is 10.1 Å². The molecule has 21 heavy (non-hydrogen) atoms. The van der Waals surface area contributed by atoms with Gasteiger partial charge in [-0.05, 0) is 24.3 Å². The normalized spacial score (nSPS) is 9.48. The molecule has 1 aromatic heterocycles. The molecule has 102 valence electrons. The van der Waals surface area contributed by atoms with E-state index in [4.69, 9.17) is 22.1 Å². The van der Waals surface area contributed by atoms with Crippen molar-refractivity contribution in [1.82, 2.24) is 4.98 Å². The Hall–Kier alpha value is -3.16. The molecule has 7 nitrogen and oxygen atoms in total. The van der Waals surface area contributed by atoms with Gasteiger partial charge in [0.2, 0.25) is 5.82 Å². The highest BCUT2D eigenvalue weighted by Crippen LogP contribution is 2.27. The summed E-state index contributed by atoms with van der Waals surface area (Å²) in [5.41, 5.74) is 0.523. The summed E-state index contributed by atoms with van der Waals surface area (Å²) < 4.78 is 0. The number of benzene rings is 1. The maximum absolute atomic E-state index is 10.9. The lowest BCUT2D eigenvalue weighted by atomic mass is 10.1. The van der Waals surface area contributed by atoms with Gasteiger partial charge in [-0.15, -0.1) is 0 Å². The fourth-order valence-electron chi connectivity index (χ4n) is 1.62. The number of rotatable bonds is 3. The molecule has 0 spiro atoms. The number of nitrogens with zero attached hydrogens (tertiary/aromatic N) is 4. The number of pyridine rings is 1. The predicted octanol–water partition coefficient (Wildman–Crippen LogP) is 3.13. The van der Waals surface area contributed by atoms with Gasteiger partial charge in [-0.2, -0.15) is 10.5 Å². The summed E-state index contributed by atoms with van der Waals surface area (Å²) in [6, 6.07) is 10.7. The highest BCUT2D eigenvalue weighted by Gasteiger charge is 2.16. The number of nitriles is 2. The van der Waals surface area contributed by atoms with Crippen LogP contribution in [0.3, 0.4) is 0 Å². The molecule has 0 fully saturated rings. The molecule has 0 unspecified atom stereocenters. The molecule has 0 aliphatic rings. The van der Waals surface area contributed by atoms with Crippen molar-refractivity contribution in [3.05, 3.63) is 56.7 Å². The Morgan fingerprint density at radius 3 is 2.52 bits per heavy atom. The molecule has 1 heterocycles. The number of anilines is 2. The molecule has 0 aliphatic heterocycles. The molecule has 2 rings (SSSR count). The lowest BCUT2D eigenvalue weighted by Gasteiger charge is -2.07. The molecule has 0 atom stereocenters. The van der Waals surface area contributed by atoms with Crippen LogP contribution in [0.2, 0.25) is 5.15 Å². The van der Waals surface area contributed by atoms with Crippen LogP contribution in [-0.2, 0) is 0 Å². The van der Waals surface area contributed by atoms with Crippen LogP contribution in [0.1, 0.15) is 11.1 Å². The quantitative estimate of drug-likeness (QED) is 0.528. The van der Waals surface area contributed by atoms with E-state index in [2.05, 4.69) is 10.3 Å². The summed E-state index contributed by atoms with van der Waals surface area (Å²) in [7, 11) is 0. The molecule has 0 saturated heterocycles. The van der Waals surface area contributed by atoms with Gasteiger partial charge < -0.3 is 5.32 Å². The standard InChI is InChI=1S/C13H6ClN5O2/c14-12-4-3-11(19(20)21)13(18-12)17-10-2-1-8(6-15)9(5-10)7-16/h1-5H,(H,17,18). The average Bonchev–Trinajstić information content (AvgIpc) is 2.46. The lowest BCUT2D eigenvalue weighted by molar-refractivity contribution is -0.384. The van der Waals surface area contributed by atoms with Gasteiger partial charge in [0, 0.05) is 11.8 Å². The first-order valence-corrected chi connectivity index (χ1v) is 5.95. The van der Waals surface area contributed by atoms with Crippen LogP contribution in [0, 0.1) is 32.8 Å². The fraction of sp³-hybridized carbons (Fsp3) is 0. The van der Waals surface area contributed by atoms with Crippen molar-refractivity contribution in [3.63, 3.8) is 0 Å². The molecule has 1 N–H and O–H groups in total. The van der Waals surface area contributed by atoms with Crippen LogP contribution in [0.25, 0.3) is 0 Å². The Morgan fingerprint density at radius 1 is 1.19 bits per heavy atom. The van der Waals surface area contributed by atoms with E-state index in [9.17, 15) is 10.1 Å². The highest BCUT2D eigenvalue weighted by atomic mass is 35.5. The van der Waals surface area contributed by atoms with Crippen LogP contribution < -0.4 is 5.32 Å². The van der Waals surface area contributed by atoms with E-state index in [-0.39, 0.29) is 27.8 Å². The first-order chi connectivity index (χ1) is 10.0. The minimum absolute atomic E-state index is 0.0407. The second kappa shape index (κ2) is 5.87. The van der Waals surface area contributed by atoms with Crippen molar-refractivity contribution in [2.75, 3.05) is 5.32 Å². The monoisotopic (exact) mass is 299 g/mol. The zero-order valence-electron chi connectivity index (χ0n) is 10.4. The van der Waals surface area contributed by atoms with Crippen LogP contribution in [0.5, 0.6) is 0 Å². The van der Waals surface area contributed by atoms with Crippen molar-refractivity contribution in [1.29, 1.82) is 10.5 Å². The predicted molar refractivity (Wildman–Crippen MR) is 75.1 cm³/mol. The largest absolute Gasteiger partial charge is 0.334 e. The van der Waals surface area contributed by atoms with Crippen LogP contribution in [0.15, 0.2) is 30.3 Å². The van der Waals surface area contributed by atoms with E-state index in [0.717, 1.165) is 0 Å². The maximum Gasteiger partial charge on any atom is 0.311 e. The molecule has 0 saturated carbocycles. The minimum Gasteiger partial charge on any atom is -0.334 e. The summed E-state index contributed by atoms with van der Waals surface area (Å²) in [6.45, 7) is 0. The van der Waals surface area contributed by atoms with Gasteiger partial charge in [0.25, 0.3) is 0 Å². The van der Waals surface area contributed by atoms with Gasteiger partial charge in [0.1, 0.15) is 17.3 Å². The third-order valence-corrected chi connectivity index (χ3v) is 2.77. The van der Waals surface area contributed by atoms with Crippen LogP contribution >= 0.6 is 11.6 Å². The molecular weight excluding hydrogens is 294 g/mol. The van der Waals surface area contributed by atoms with E-state index < -0.39 is 4.92 Å². The van der Waals surface area contributed by atoms with E-state index >= 15 is 0 Å². The fourth-order valence-corrected chi connectivity index (χ4v) is 1.76. The SMILES string of the molecule is N#Cc1ccc(Nc2nc(Cl)ccc2[N+](=O)[O-])cc1C#N. The van der Waals surface area contributed by atoms with Gasteiger partial charge in [0.15, 0.2) is 0 Å². The zero-order chi connectivity index (χ0) is 15.4. The van der Waals surface area contributed by atoms with Gasteiger partial charge in [-0.25, -0.2) is 4.98 Å². The first kappa shape index (κ1) is 14.3. The number of aromatic nitrogens is 1. The highest BCUT2D eigenvalue weighted by molar-refractivity contribution is 6.29. The number of hydrogen-bond acceptors (Lipinski definition) is 6. The van der Waals surface area contributed by atoms with Gasteiger partial charge in [-0.1, -0.05) is 11.6 Å². The molecule has 1 aromatic carbocycles. The molecule has 0 amide bonds. The smallest absolute Gasteiger partial charge is 0.311 e. The Balaban J connectivity index is 2.44. The van der Waals surface area contributed by atoms with Crippen molar-refractivity contribution in [2.24, 2.45) is 0 Å². The van der Waals surface area contributed by atoms with Crippen LogP contribution in [0.4, 0.5) is 17.2 Å². The van der Waals surface area contributed by atoms with E-state index in [1.165, 1.54) is 30.3 Å². The molecular formula is C13H6ClN5O2. The van der Waals surface area contributed by atoms with Gasteiger partial charge in [0.05, 0.1) is 16.1 Å². The number of hydrogen-bond donors (Lipinski definition) is 1. The molecule has 8 heteroatoms. The van der Waals surface area contributed by atoms with E-state index in [0.29, 0.717) is 5.69 Å². The Morgan fingerprint density at radius 2 is 1.90 bits per heavy atom. The third-order valence-electron chi connectivity index (χ3n) is 2.56. The molecule has 0 bridgehead atoms. The Bertz CT molecular complexity index is 807. The molecule has 2 aromatic rings. The summed E-state index contributed by atoms with van der Waals surface area (Å²) in [4.78, 5) is 14.2. The lowest BCUT2D eigenvalue weighted by Crippen LogP contribution is -2.00. The molecule has 0 aliphatic carbocycles. The minimum atomic E-state index is -0.597. The second-order valence-corrected chi connectivity index (χ2v) is 4.26. The maximum atomic E-state index is 10.9. The summed E-state index contributed by atoms with van der Waals surface area (Å²) in [5, 5.41) is 31.5. The summed E-state index contributed by atoms with van der Waals surface area (Å²) in [6.07, 6.45) is 0. The van der Waals surface area contributed by atoms with Crippen molar-refractivity contribution in [2.45, 2.75) is 0 Å². The number of nitro groups is 1.